The molecule has 6 rings (SSSR count). The van der Waals surface area contributed by atoms with Crippen molar-refractivity contribution < 1.29 is 23.7 Å². The van der Waals surface area contributed by atoms with Gasteiger partial charge in [0.1, 0.15) is 11.5 Å². The van der Waals surface area contributed by atoms with Crippen LogP contribution in [0.1, 0.15) is 107 Å². The summed E-state index contributed by atoms with van der Waals surface area (Å²) < 4.78 is 9.44. The average Bonchev–Trinajstić information content (AvgIpc) is 3.82. The standard InChI is InChI=1S/C21H21Cl2N3O2.C16H18Cl2N2.C5H5NO3/c1-12-9-20(26-28-12)21(27)25-19-11-16(7-8-18(19)23)14(3)24-13(2)15-5-4-6-17(22)10-15;1-10(12-4-3-5-14(17)8-12)20-11(2)13-6-7-15(18)16(19)9-13;1-3-2-4(5(7)8)6-9-3/h4-11,13-14,24H,1-3H3,(H,25,27);3-11,20H,19H2,1-2H3;2H,1H3,(H,7,8)/t13-,14?;10-,11?;/m11./s1. The minimum absolute atomic E-state index is 0.0243. The predicted octanol–water partition coefficient (Wildman–Crippen LogP) is 11.6. The van der Waals surface area contributed by atoms with Crippen LogP contribution in [0.3, 0.4) is 0 Å². The number of hydrogen-bond donors (Lipinski definition) is 5. The highest BCUT2D eigenvalue weighted by Crippen LogP contribution is 2.29. The van der Waals surface area contributed by atoms with Crippen LogP contribution in [0.4, 0.5) is 11.4 Å². The Morgan fingerprint density at radius 2 is 1.05 bits per heavy atom. The minimum Gasteiger partial charge on any atom is -0.476 e. The number of aryl methyl sites for hydroxylation is 2. The topological polar surface area (TPSA) is 169 Å². The van der Waals surface area contributed by atoms with Gasteiger partial charge in [0, 0.05) is 46.3 Å². The molecule has 6 N–H and O–H groups in total. The van der Waals surface area contributed by atoms with E-state index >= 15 is 0 Å². The molecule has 0 aliphatic rings. The summed E-state index contributed by atoms with van der Waals surface area (Å²) >= 11 is 24.3. The first kappa shape index (κ1) is 44.8. The van der Waals surface area contributed by atoms with E-state index in [1.54, 1.807) is 26.0 Å². The molecule has 0 aliphatic heterocycles. The van der Waals surface area contributed by atoms with E-state index in [0.29, 0.717) is 38.0 Å². The monoisotopic (exact) mass is 852 g/mol. The molecule has 0 saturated heterocycles. The number of aromatic carboxylic acids is 1. The molecule has 2 unspecified atom stereocenters. The lowest BCUT2D eigenvalue weighted by Gasteiger charge is -2.22. The van der Waals surface area contributed by atoms with Crippen molar-refractivity contribution >= 4 is 69.7 Å². The van der Waals surface area contributed by atoms with Crippen LogP contribution in [0.5, 0.6) is 0 Å². The zero-order valence-corrected chi connectivity index (χ0v) is 35.1. The molecule has 6 aromatic rings. The lowest BCUT2D eigenvalue weighted by molar-refractivity contribution is 0.0685. The number of nitrogen functional groups attached to an aromatic ring is 1. The fraction of sp³-hybridized carbons (Fsp3) is 0.238. The number of anilines is 2. The Morgan fingerprint density at radius 1 is 0.614 bits per heavy atom. The molecule has 4 aromatic carbocycles. The lowest BCUT2D eigenvalue weighted by atomic mass is 10.0. The number of hydrogen-bond acceptors (Lipinski definition) is 9. The van der Waals surface area contributed by atoms with Gasteiger partial charge < -0.3 is 35.8 Å². The van der Waals surface area contributed by atoms with E-state index < -0.39 is 5.97 Å². The number of nitrogens with one attached hydrogen (secondary N) is 3. The Morgan fingerprint density at radius 3 is 1.46 bits per heavy atom. The molecule has 0 radical (unpaired) electrons. The summed E-state index contributed by atoms with van der Waals surface area (Å²) in [5.74, 6) is -0.360. The third-order valence-electron chi connectivity index (χ3n) is 8.66. The Balaban J connectivity index is 0.000000215. The largest absolute Gasteiger partial charge is 0.476 e. The van der Waals surface area contributed by atoms with Gasteiger partial charge in [-0.1, -0.05) is 93.1 Å². The van der Waals surface area contributed by atoms with Crippen molar-refractivity contribution in [1.29, 1.82) is 0 Å². The fourth-order valence-corrected chi connectivity index (χ4v) is 6.23. The number of carboxylic acids is 1. The smallest absolute Gasteiger partial charge is 0.358 e. The van der Waals surface area contributed by atoms with Crippen molar-refractivity contribution in [3.8, 4) is 0 Å². The van der Waals surface area contributed by atoms with Crippen LogP contribution >= 0.6 is 46.4 Å². The number of nitrogens with two attached hydrogens (primary N) is 1. The molecule has 0 fully saturated rings. The van der Waals surface area contributed by atoms with Gasteiger partial charge in [-0.2, -0.15) is 0 Å². The third kappa shape index (κ3) is 13.6. The van der Waals surface area contributed by atoms with Gasteiger partial charge in [0.15, 0.2) is 11.4 Å². The summed E-state index contributed by atoms with van der Waals surface area (Å²) in [5.41, 5.74) is 11.5. The molecule has 0 aliphatic carbocycles. The normalized spacial score (nSPS) is 12.9. The summed E-state index contributed by atoms with van der Waals surface area (Å²) in [7, 11) is 0. The van der Waals surface area contributed by atoms with Crippen molar-refractivity contribution in [2.24, 2.45) is 0 Å². The van der Waals surface area contributed by atoms with Gasteiger partial charge in [0.05, 0.1) is 21.4 Å². The minimum atomic E-state index is -1.06. The molecule has 15 heteroatoms. The van der Waals surface area contributed by atoms with Crippen molar-refractivity contribution in [3.05, 3.63) is 162 Å². The molecule has 11 nitrogen and oxygen atoms in total. The number of carboxylic acid groups (broad SMARTS) is 1. The van der Waals surface area contributed by atoms with Gasteiger partial charge in [0.25, 0.3) is 5.91 Å². The Kier molecular flexibility index (Phi) is 16.5. The van der Waals surface area contributed by atoms with Crippen LogP contribution in [-0.4, -0.2) is 27.3 Å². The summed E-state index contributed by atoms with van der Waals surface area (Å²) in [5, 5.41) is 27.6. The zero-order chi connectivity index (χ0) is 41.8. The molecule has 300 valence electrons. The summed E-state index contributed by atoms with van der Waals surface area (Å²) in [6.45, 7) is 11.7. The van der Waals surface area contributed by atoms with Crippen LogP contribution in [0.15, 0.2) is 106 Å². The Hall–Kier alpha value is -4.88. The quantitative estimate of drug-likeness (QED) is 0.0791. The number of rotatable bonds is 11. The van der Waals surface area contributed by atoms with Crippen LogP contribution in [0.25, 0.3) is 0 Å². The van der Waals surface area contributed by atoms with Gasteiger partial charge >= 0.3 is 5.97 Å². The molecule has 0 saturated carbocycles. The Bertz CT molecular complexity index is 2280. The number of carbonyl (C=O) groups is 2. The predicted molar refractivity (Wildman–Crippen MR) is 228 cm³/mol. The highest BCUT2D eigenvalue weighted by Gasteiger charge is 2.17. The van der Waals surface area contributed by atoms with E-state index in [9.17, 15) is 9.59 Å². The van der Waals surface area contributed by atoms with Crippen molar-refractivity contribution in [3.63, 3.8) is 0 Å². The maximum absolute atomic E-state index is 12.3. The third-order valence-corrected chi connectivity index (χ3v) is 9.81. The molecule has 0 bridgehead atoms. The van der Waals surface area contributed by atoms with Crippen LogP contribution < -0.4 is 21.7 Å². The average molecular weight is 855 g/mol. The molecular weight excluding hydrogens is 810 g/mol. The maximum Gasteiger partial charge on any atom is 0.358 e. The van der Waals surface area contributed by atoms with Gasteiger partial charge in [0.2, 0.25) is 0 Å². The first-order valence-corrected chi connectivity index (χ1v) is 19.3. The summed E-state index contributed by atoms with van der Waals surface area (Å²) in [6, 6.07) is 30.3. The molecule has 2 heterocycles. The second kappa shape index (κ2) is 21.0. The number of amides is 1. The molecular formula is C42H44Cl4N6O5. The lowest BCUT2D eigenvalue weighted by Crippen LogP contribution is -2.22. The van der Waals surface area contributed by atoms with Gasteiger partial charge in [-0.25, -0.2) is 4.79 Å². The van der Waals surface area contributed by atoms with E-state index in [1.807, 2.05) is 72.8 Å². The van der Waals surface area contributed by atoms with E-state index in [0.717, 1.165) is 27.3 Å². The zero-order valence-electron chi connectivity index (χ0n) is 32.1. The summed E-state index contributed by atoms with van der Waals surface area (Å²) in [6.07, 6.45) is 0. The van der Waals surface area contributed by atoms with Gasteiger partial charge in [-0.3, -0.25) is 4.79 Å². The summed E-state index contributed by atoms with van der Waals surface area (Å²) in [4.78, 5) is 22.4. The highest BCUT2D eigenvalue weighted by molar-refractivity contribution is 6.34. The first-order chi connectivity index (χ1) is 27.0. The van der Waals surface area contributed by atoms with Crippen LogP contribution in [0.2, 0.25) is 20.1 Å². The SMILES string of the molecule is CC(N[C@H](C)c1cccc(Cl)c1)c1ccc(Cl)c(N)c1.Cc1cc(C(=O)Nc2cc(C(C)N[C@H](C)c3cccc(Cl)c3)ccc2Cl)no1.Cc1cc(C(=O)O)no1. The molecule has 2 aromatic heterocycles. The van der Waals surface area contributed by atoms with Crippen LogP contribution in [-0.2, 0) is 0 Å². The highest BCUT2D eigenvalue weighted by atomic mass is 35.5. The number of halogens is 4. The molecule has 4 atom stereocenters. The fourth-order valence-electron chi connectivity index (χ4n) is 5.55. The number of carbonyl (C=O) groups excluding carboxylic acids is 1. The van der Waals surface area contributed by atoms with E-state index in [2.05, 4.69) is 64.5 Å². The van der Waals surface area contributed by atoms with Gasteiger partial charge in [-0.15, -0.1) is 0 Å². The van der Waals surface area contributed by atoms with Crippen molar-refractivity contribution in [2.45, 2.75) is 65.7 Å². The van der Waals surface area contributed by atoms with Crippen molar-refractivity contribution in [2.75, 3.05) is 11.1 Å². The van der Waals surface area contributed by atoms with E-state index in [-0.39, 0.29) is 41.5 Å². The van der Waals surface area contributed by atoms with Crippen molar-refractivity contribution in [1.82, 2.24) is 20.9 Å². The van der Waals surface area contributed by atoms with Crippen LogP contribution in [0, 0.1) is 13.8 Å². The second-order valence-electron chi connectivity index (χ2n) is 13.3. The molecule has 1 amide bonds. The maximum atomic E-state index is 12.3. The van der Waals surface area contributed by atoms with Gasteiger partial charge in [-0.05, 0) is 112 Å². The first-order valence-electron chi connectivity index (χ1n) is 17.8. The number of benzene rings is 4. The van der Waals surface area contributed by atoms with E-state index in [1.165, 1.54) is 6.07 Å². The number of aromatic nitrogens is 2. The molecule has 0 spiro atoms. The second-order valence-corrected chi connectivity index (χ2v) is 14.9. The number of nitrogens with zero attached hydrogens (tertiary/aromatic N) is 2. The Labute approximate surface area is 351 Å². The molecule has 57 heavy (non-hydrogen) atoms. The van der Waals surface area contributed by atoms with E-state index in [4.69, 9.17) is 61.8 Å².